The van der Waals surface area contributed by atoms with Crippen LogP contribution in [-0.4, -0.2) is 29.6 Å². The highest BCUT2D eigenvalue weighted by atomic mass is 16.6. The summed E-state index contributed by atoms with van der Waals surface area (Å²) in [5.74, 6) is -3.48. The first kappa shape index (κ1) is 21.3. The molecule has 1 unspecified atom stereocenters. The van der Waals surface area contributed by atoms with Crippen molar-refractivity contribution < 1.29 is 28.7 Å². The summed E-state index contributed by atoms with van der Waals surface area (Å²) < 4.78 is 15.1. The van der Waals surface area contributed by atoms with Gasteiger partial charge in [-0.1, -0.05) is 18.7 Å². The lowest BCUT2D eigenvalue weighted by Crippen LogP contribution is -2.32. The molecule has 0 spiro atoms. The van der Waals surface area contributed by atoms with Crippen molar-refractivity contribution in [2.45, 2.75) is 45.8 Å². The molecule has 0 radical (unpaired) electrons. The van der Waals surface area contributed by atoms with Crippen molar-refractivity contribution in [2.24, 2.45) is 0 Å². The second kappa shape index (κ2) is 8.57. The zero-order chi connectivity index (χ0) is 20.1. The van der Waals surface area contributed by atoms with E-state index in [1.807, 2.05) is 0 Å². The molecule has 0 saturated carbocycles. The fourth-order valence-electron chi connectivity index (χ4n) is 2.19. The summed E-state index contributed by atoms with van der Waals surface area (Å²) >= 11 is 0. The molecule has 0 saturated heterocycles. The highest BCUT2D eigenvalue weighted by molar-refractivity contribution is 6.02. The van der Waals surface area contributed by atoms with Crippen molar-refractivity contribution in [1.29, 1.82) is 0 Å². The number of esters is 2. The lowest BCUT2D eigenvalue weighted by molar-refractivity contribution is -0.385. The third kappa shape index (κ3) is 5.96. The summed E-state index contributed by atoms with van der Waals surface area (Å²) in [5, 5.41) is 11.5. The molecule has 142 valence electrons. The van der Waals surface area contributed by atoms with Crippen molar-refractivity contribution in [3.05, 3.63) is 51.8 Å². The van der Waals surface area contributed by atoms with E-state index in [0.29, 0.717) is 5.56 Å². The van der Waals surface area contributed by atoms with Crippen molar-refractivity contribution in [3.8, 4) is 0 Å². The Morgan fingerprint density at radius 1 is 1.27 bits per heavy atom. The van der Waals surface area contributed by atoms with Gasteiger partial charge in [-0.2, -0.15) is 0 Å². The largest absolute Gasteiger partial charge is 0.459 e. The van der Waals surface area contributed by atoms with Gasteiger partial charge in [0.2, 0.25) is 0 Å². The van der Waals surface area contributed by atoms with Gasteiger partial charge in [-0.25, -0.2) is 0 Å². The maximum absolute atomic E-state index is 12.6. The van der Waals surface area contributed by atoms with Gasteiger partial charge in [-0.15, -0.1) is 0 Å². The highest BCUT2D eigenvalue weighted by Gasteiger charge is 2.39. The highest BCUT2D eigenvalue weighted by Crippen LogP contribution is 2.31. The Labute approximate surface area is 151 Å². The third-order valence-electron chi connectivity index (χ3n) is 3.07. The summed E-state index contributed by atoms with van der Waals surface area (Å²) in [6.45, 7) is 9.91. The molecule has 0 amide bonds. The Morgan fingerprint density at radius 3 is 2.35 bits per heavy atom. The number of benzene rings is 1. The monoisotopic (exact) mass is 365 g/mol. The molecule has 1 aromatic carbocycles. The average Bonchev–Trinajstić information content (AvgIpc) is 2.46. The molecule has 0 aliphatic heterocycles. The van der Waals surface area contributed by atoms with Crippen LogP contribution in [0.3, 0.4) is 0 Å². The van der Waals surface area contributed by atoms with Gasteiger partial charge in [0.25, 0.3) is 5.69 Å². The Hall–Kier alpha value is -2.74. The normalized spacial score (nSPS) is 12.2. The van der Waals surface area contributed by atoms with Crippen LogP contribution in [0, 0.1) is 10.1 Å². The molecule has 0 fully saturated rings. The fraction of sp³-hybridized carbons (Fsp3) is 0.444. The SMILES string of the molecule is C=C(C)OC(=O)C(C(=O)OC(C)(C)C)c1ccc(COC)cc1[N+](=O)[O-]. The van der Waals surface area contributed by atoms with E-state index in [-0.39, 0.29) is 17.9 Å². The predicted molar refractivity (Wildman–Crippen MR) is 93.3 cm³/mol. The molecule has 0 aliphatic carbocycles. The summed E-state index contributed by atoms with van der Waals surface area (Å²) in [6.07, 6.45) is 0. The third-order valence-corrected chi connectivity index (χ3v) is 3.07. The van der Waals surface area contributed by atoms with E-state index in [9.17, 15) is 19.7 Å². The first-order valence-corrected chi connectivity index (χ1v) is 7.82. The van der Waals surface area contributed by atoms with Crippen LogP contribution in [0.25, 0.3) is 0 Å². The molecule has 0 bridgehead atoms. The molecule has 0 heterocycles. The van der Waals surface area contributed by atoms with Crippen LogP contribution in [0.2, 0.25) is 0 Å². The zero-order valence-corrected chi connectivity index (χ0v) is 15.5. The summed E-state index contributed by atoms with van der Waals surface area (Å²) in [4.78, 5) is 35.8. The molecule has 0 N–H and O–H groups in total. The van der Waals surface area contributed by atoms with E-state index in [0.717, 1.165) is 0 Å². The predicted octanol–water partition coefficient (Wildman–Crippen LogP) is 3.24. The van der Waals surface area contributed by atoms with E-state index in [4.69, 9.17) is 14.2 Å². The van der Waals surface area contributed by atoms with Gasteiger partial charge in [-0.3, -0.25) is 19.7 Å². The van der Waals surface area contributed by atoms with Crippen molar-refractivity contribution in [1.82, 2.24) is 0 Å². The second-order valence-electron chi connectivity index (χ2n) is 6.67. The molecule has 0 aromatic heterocycles. The summed E-state index contributed by atoms with van der Waals surface area (Å²) in [7, 11) is 1.45. The van der Waals surface area contributed by atoms with Crippen LogP contribution >= 0.6 is 0 Å². The molecule has 8 nitrogen and oxygen atoms in total. The second-order valence-corrected chi connectivity index (χ2v) is 6.67. The van der Waals surface area contributed by atoms with Crippen molar-refractivity contribution in [2.75, 3.05) is 7.11 Å². The van der Waals surface area contributed by atoms with Gasteiger partial charge in [-0.05, 0) is 33.3 Å². The van der Waals surface area contributed by atoms with E-state index in [1.54, 1.807) is 20.8 Å². The minimum atomic E-state index is -1.61. The minimum absolute atomic E-state index is 0.0576. The first-order valence-electron chi connectivity index (χ1n) is 7.82. The number of carbonyl (C=O) groups excluding carboxylic acids is 2. The Kier molecular flexibility index (Phi) is 7.02. The maximum atomic E-state index is 12.6. The number of allylic oxidation sites excluding steroid dienone is 1. The van der Waals surface area contributed by atoms with Crippen LogP contribution in [0.5, 0.6) is 0 Å². The quantitative estimate of drug-likeness (QED) is 0.240. The fourth-order valence-corrected chi connectivity index (χ4v) is 2.19. The smallest absolute Gasteiger partial charge is 0.330 e. The van der Waals surface area contributed by atoms with Crippen LogP contribution < -0.4 is 0 Å². The van der Waals surface area contributed by atoms with E-state index in [1.165, 1.54) is 32.2 Å². The molecule has 1 atom stereocenters. The first-order chi connectivity index (χ1) is 12.0. The summed E-state index contributed by atoms with van der Waals surface area (Å²) in [5.41, 5.74) is -0.868. The van der Waals surface area contributed by atoms with Crippen molar-refractivity contribution in [3.63, 3.8) is 0 Å². The Morgan fingerprint density at radius 2 is 1.88 bits per heavy atom. The molecule has 0 aliphatic rings. The number of hydrogen-bond acceptors (Lipinski definition) is 7. The van der Waals surface area contributed by atoms with Gasteiger partial charge >= 0.3 is 11.9 Å². The maximum Gasteiger partial charge on any atom is 0.330 e. The number of ether oxygens (including phenoxy) is 3. The average molecular weight is 365 g/mol. The van der Waals surface area contributed by atoms with E-state index in [2.05, 4.69) is 6.58 Å². The van der Waals surface area contributed by atoms with E-state index < -0.39 is 34.1 Å². The number of nitro groups is 1. The molecule has 26 heavy (non-hydrogen) atoms. The molecular weight excluding hydrogens is 342 g/mol. The Balaban J connectivity index is 3.45. The molecule has 8 heteroatoms. The van der Waals surface area contributed by atoms with Gasteiger partial charge in [0.1, 0.15) is 5.60 Å². The number of methoxy groups -OCH3 is 1. The van der Waals surface area contributed by atoms with Gasteiger partial charge in [0.15, 0.2) is 5.92 Å². The standard InChI is InChI=1S/C18H23NO7/c1-11(2)25-16(20)15(17(21)26-18(3,4)5)13-8-7-12(10-24-6)9-14(13)19(22)23/h7-9,15H,1,10H2,2-6H3. The zero-order valence-electron chi connectivity index (χ0n) is 15.5. The number of rotatable bonds is 7. The lowest BCUT2D eigenvalue weighted by Gasteiger charge is -2.23. The van der Waals surface area contributed by atoms with Crippen molar-refractivity contribution >= 4 is 17.6 Å². The number of nitro benzene ring substituents is 1. The van der Waals surface area contributed by atoms with Crippen LogP contribution in [0.1, 0.15) is 44.7 Å². The molecule has 1 aromatic rings. The van der Waals surface area contributed by atoms with Crippen LogP contribution in [-0.2, 0) is 30.4 Å². The summed E-state index contributed by atoms with van der Waals surface area (Å²) in [6, 6.07) is 4.13. The minimum Gasteiger partial charge on any atom is -0.459 e. The van der Waals surface area contributed by atoms with Crippen LogP contribution in [0.15, 0.2) is 30.5 Å². The topological polar surface area (TPSA) is 105 Å². The molecule has 1 rings (SSSR count). The van der Waals surface area contributed by atoms with Gasteiger partial charge in [0, 0.05) is 13.2 Å². The van der Waals surface area contributed by atoms with Crippen LogP contribution in [0.4, 0.5) is 5.69 Å². The Bertz CT molecular complexity index is 719. The van der Waals surface area contributed by atoms with E-state index >= 15 is 0 Å². The number of carbonyl (C=O) groups is 2. The molecular formula is C18H23NO7. The van der Waals surface area contributed by atoms with Gasteiger partial charge in [0.05, 0.1) is 22.9 Å². The van der Waals surface area contributed by atoms with Gasteiger partial charge < -0.3 is 14.2 Å². The lowest BCUT2D eigenvalue weighted by atomic mass is 9.95. The number of nitrogens with zero attached hydrogens (tertiary/aromatic N) is 1. The number of hydrogen-bond donors (Lipinski definition) is 0.